The summed E-state index contributed by atoms with van der Waals surface area (Å²) < 4.78 is 0.355. The molecule has 0 spiro atoms. The van der Waals surface area contributed by atoms with Gasteiger partial charge in [0, 0.05) is 6.42 Å². The third-order valence-electron chi connectivity index (χ3n) is 2.76. The Morgan fingerprint density at radius 3 is 1.13 bits per heavy atom. The third kappa shape index (κ3) is 4.87. The fraction of sp³-hybridized carbons (Fsp3) is 1.00. The van der Waals surface area contributed by atoms with Gasteiger partial charge in [-0.05, 0) is 0 Å². The highest BCUT2D eigenvalue weighted by molar-refractivity contribution is 4.36. The fourth-order valence-electron chi connectivity index (χ4n) is 1.21. The molecule has 0 aromatic carbocycles. The second kappa shape index (κ2) is 6.37. The summed E-state index contributed by atoms with van der Waals surface area (Å²) in [6.07, 6.45) is 0.718. The van der Waals surface area contributed by atoms with Gasteiger partial charge in [-0.2, -0.15) is 0 Å². The van der Waals surface area contributed by atoms with Gasteiger partial charge in [0.05, 0.1) is 27.2 Å². The second-order valence-electron chi connectivity index (χ2n) is 4.61. The standard InChI is InChI=1S/C9H24N2O4/c1-10(6-12,7-13)4-3-5-11(2,8-14)9-15/h12-15H,3-9H2,1-2H3/q+2. The van der Waals surface area contributed by atoms with Crippen LogP contribution in [0.3, 0.4) is 0 Å². The Bertz CT molecular complexity index is 151. The van der Waals surface area contributed by atoms with Crippen molar-refractivity contribution in [1.82, 2.24) is 0 Å². The molecule has 0 aromatic heterocycles. The summed E-state index contributed by atoms with van der Waals surface area (Å²) in [4.78, 5) is 0. The van der Waals surface area contributed by atoms with Crippen LogP contribution in [0.2, 0.25) is 0 Å². The molecule has 0 saturated heterocycles. The van der Waals surface area contributed by atoms with Crippen LogP contribution in [-0.4, -0.2) is 83.5 Å². The van der Waals surface area contributed by atoms with Crippen LogP contribution in [0.5, 0.6) is 0 Å². The Morgan fingerprint density at radius 2 is 0.933 bits per heavy atom. The van der Waals surface area contributed by atoms with E-state index in [1.54, 1.807) is 14.1 Å². The van der Waals surface area contributed by atoms with Crippen molar-refractivity contribution >= 4 is 0 Å². The van der Waals surface area contributed by atoms with E-state index in [9.17, 15) is 0 Å². The van der Waals surface area contributed by atoms with Crippen molar-refractivity contribution in [2.75, 3.05) is 54.1 Å². The number of rotatable bonds is 8. The normalized spacial score (nSPS) is 13.2. The molecule has 0 saturated carbocycles. The van der Waals surface area contributed by atoms with Crippen molar-refractivity contribution in [1.29, 1.82) is 0 Å². The molecule has 0 heterocycles. The summed E-state index contributed by atoms with van der Waals surface area (Å²) in [7, 11) is 3.50. The van der Waals surface area contributed by atoms with Gasteiger partial charge in [0.25, 0.3) is 0 Å². The van der Waals surface area contributed by atoms with Gasteiger partial charge in [0.2, 0.25) is 0 Å². The molecule has 0 rings (SSSR count). The lowest BCUT2D eigenvalue weighted by atomic mass is 10.3. The Labute approximate surface area is 90.8 Å². The lowest BCUT2D eigenvalue weighted by Crippen LogP contribution is -2.50. The van der Waals surface area contributed by atoms with Gasteiger partial charge < -0.3 is 20.4 Å². The highest BCUT2D eigenvalue weighted by Gasteiger charge is 2.23. The number of hydrogen-bond acceptors (Lipinski definition) is 4. The molecule has 0 unspecified atom stereocenters. The molecule has 92 valence electrons. The maximum atomic E-state index is 9.04. The molecule has 0 aromatic rings. The first-order valence-corrected chi connectivity index (χ1v) is 5.06. The molecule has 0 aliphatic rings. The molecule has 0 atom stereocenters. The minimum absolute atomic E-state index is 0.113. The number of aliphatic hydroxyl groups excluding tert-OH is 4. The van der Waals surface area contributed by atoms with Gasteiger partial charge in [-0.25, -0.2) is 0 Å². The zero-order valence-electron chi connectivity index (χ0n) is 9.63. The van der Waals surface area contributed by atoms with Crippen LogP contribution in [0.25, 0.3) is 0 Å². The van der Waals surface area contributed by atoms with Crippen LogP contribution in [-0.2, 0) is 0 Å². The van der Waals surface area contributed by atoms with Crippen molar-refractivity contribution in [3.8, 4) is 0 Å². The first-order valence-electron chi connectivity index (χ1n) is 5.06. The lowest BCUT2D eigenvalue weighted by molar-refractivity contribution is -0.961. The van der Waals surface area contributed by atoms with Crippen molar-refractivity contribution in [3.05, 3.63) is 0 Å². The monoisotopic (exact) mass is 224 g/mol. The molecule has 0 amide bonds. The summed E-state index contributed by atoms with van der Waals surface area (Å²) >= 11 is 0. The molecule has 15 heavy (non-hydrogen) atoms. The molecule has 6 heteroatoms. The van der Waals surface area contributed by atoms with E-state index in [1.165, 1.54) is 0 Å². The SMILES string of the molecule is C[N+](CO)(CO)CCC[N+](C)(CO)CO. The van der Waals surface area contributed by atoms with E-state index < -0.39 is 0 Å². The highest BCUT2D eigenvalue weighted by atomic mass is 16.3. The van der Waals surface area contributed by atoms with E-state index in [2.05, 4.69) is 0 Å². The molecule has 0 aliphatic carbocycles. The van der Waals surface area contributed by atoms with Gasteiger partial charge in [-0.3, -0.25) is 8.97 Å². The van der Waals surface area contributed by atoms with Crippen molar-refractivity contribution in [3.63, 3.8) is 0 Å². The Hall–Kier alpha value is -0.240. The molecule has 0 bridgehead atoms. The van der Waals surface area contributed by atoms with Crippen LogP contribution in [0.4, 0.5) is 0 Å². The van der Waals surface area contributed by atoms with Crippen LogP contribution in [0.1, 0.15) is 6.42 Å². The highest BCUT2D eigenvalue weighted by Crippen LogP contribution is 2.05. The topological polar surface area (TPSA) is 80.9 Å². The van der Waals surface area contributed by atoms with Gasteiger partial charge in [-0.1, -0.05) is 0 Å². The number of quaternary nitrogens is 2. The molecule has 0 fully saturated rings. The average Bonchev–Trinajstić information content (AvgIpc) is 2.28. The fourth-order valence-corrected chi connectivity index (χ4v) is 1.21. The largest absolute Gasteiger partial charge is 0.347 e. The molecule has 6 nitrogen and oxygen atoms in total. The Kier molecular flexibility index (Phi) is 6.26. The minimum atomic E-state index is -0.113. The summed E-state index contributed by atoms with van der Waals surface area (Å²) in [6, 6.07) is 0. The predicted molar refractivity (Wildman–Crippen MR) is 55.1 cm³/mol. The minimum Gasteiger partial charge on any atom is -0.347 e. The third-order valence-corrected chi connectivity index (χ3v) is 2.76. The molecule has 0 radical (unpaired) electrons. The summed E-state index contributed by atoms with van der Waals surface area (Å²) in [5.41, 5.74) is 0. The smallest absolute Gasteiger partial charge is 0.181 e. The zero-order chi connectivity index (χ0) is 11.9. The zero-order valence-corrected chi connectivity index (χ0v) is 9.63. The van der Waals surface area contributed by atoms with E-state index in [-0.39, 0.29) is 35.9 Å². The lowest BCUT2D eigenvalue weighted by Gasteiger charge is -2.33. The molecular weight excluding hydrogens is 200 g/mol. The van der Waals surface area contributed by atoms with Gasteiger partial charge in [0.1, 0.15) is 0 Å². The first kappa shape index (κ1) is 14.8. The summed E-state index contributed by atoms with van der Waals surface area (Å²) in [6.45, 7) is 0.773. The van der Waals surface area contributed by atoms with Crippen molar-refractivity contribution in [2.45, 2.75) is 6.42 Å². The van der Waals surface area contributed by atoms with Gasteiger partial charge in [0.15, 0.2) is 26.9 Å². The predicted octanol–water partition coefficient (Wildman–Crippen LogP) is -1.93. The number of aliphatic hydroxyl groups is 4. The van der Waals surface area contributed by atoms with E-state index >= 15 is 0 Å². The van der Waals surface area contributed by atoms with Crippen LogP contribution >= 0.6 is 0 Å². The summed E-state index contributed by atoms with van der Waals surface area (Å²) in [5.74, 6) is 0. The Balaban J connectivity index is 3.96. The summed E-state index contributed by atoms with van der Waals surface area (Å²) in [5, 5.41) is 36.1. The Morgan fingerprint density at radius 1 is 0.667 bits per heavy atom. The van der Waals surface area contributed by atoms with Gasteiger partial charge >= 0.3 is 0 Å². The van der Waals surface area contributed by atoms with Crippen LogP contribution in [0.15, 0.2) is 0 Å². The number of hydrogen-bond donors (Lipinski definition) is 4. The van der Waals surface area contributed by atoms with E-state index in [4.69, 9.17) is 20.4 Å². The van der Waals surface area contributed by atoms with E-state index in [1.807, 2.05) is 0 Å². The van der Waals surface area contributed by atoms with Crippen molar-refractivity contribution < 1.29 is 29.4 Å². The first-order chi connectivity index (χ1) is 6.95. The van der Waals surface area contributed by atoms with Gasteiger partial charge in [-0.15, -0.1) is 0 Å². The molecule has 0 aliphatic heterocycles. The second-order valence-corrected chi connectivity index (χ2v) is 4.61. The molecular formula is C9H24N2O4+2. The van der Waals surface area contributed by atoms with Crippen molar-refractivity contribution in [2.24, 2.45) is 0 Å². The quantitative estimate of drug-likeness (QED) is 0.286. The maximum absolute atomic E-state index is 9.04. The number of nitrogens with zero attached hydrogens (tertiary/aromatic N) is 2. The van der Waals surface area contributed by atoms with E-state index in [0.29, 0.717) is 13.1 Å². The molecule has 4 N–H and O–H groups in total. The average molecular weight is 224 g/mol. The van der Waals surface area contributed by atoms with E-state index in [0.717, 1.165) is 6.42 Å². The maximum Gasteiger partial charge on any atom is 0.181 e. The van der Waals surface area contributed by atoms with Crippen LogP contribution in [0, 0.1) is 0 Å². The van der Waals surface area contributed by atoms with Crippen LogP contribution < -0.4 is 0 Å².